The Kier molecular flexibility index (Phi) is 3.60. The number of nitrogens with zero attached hydrogens (tertiary/aromatic N) is 2. The molecule has 2 fully saturated rings. The Bertz CT molecular complexity index is 529. The van der Waals surface area contributed by atoms with E-state index >= 15 is 0 Å². The van der Waals surface area contributed by atoms with Gasteiger partial charge in [0.2, 0.25) is 0 Å². The number of hydrogen-bond donors (Lipinski definition) is 1. The number of piperazine rings is 1. The Morgan fingerprint density at radius 2 is 2.20 bits per heavy atom. The molecular weight excluding hydrogens is 274 g/mol. The topological polar surface area (TPSA) is 58.8 Å². The summed E-state index contributed by atoms with van der Waals surface area (Å²) in [5.41, 5.74) is 6.55. The summed E-state index contributed by atoms with van der Waals surface area (Å²) < 4.78 is 5.45. The second-order valence-electron chi connectivity index (χ2n) is 5.52. The van der Waals surface area contributed by atoms with Gasteiger partial charge in [-0.1, -0.05) is 0 Å². The van der Waals surface area contributed by atoms with E-state index in [2.05, 4.69) is 9.80 Å². The highest BCUT2D eigenvalue weighted by atomic mass is 32.1. The molecule has 3 heterocycles. The first-order chi connectivity index (χ1) is 9.61. The van der Waals surface area contributed by atoms with Crippen molar-refractivity contribution >= 4 is 27.8 Å². The molecule has 110 valence electrons. The zero-order valence-corrected chi connectivity index (χ0v) is 12.8. The summed E-state index contributed by atoms with van der Waals surface area (Å²) in [6.45, 7) is 5.85. The molecule has 2 saturated heterocycles. The summed E-state index contributed by atoms with van der Waals surface area (Å²) in [6.07, 6.45) is 2.56. The van der Waals surface area contributed by atoms with Crippen LogP contribution in [0.1, 0.15) is 29.4 Å². The van der Waals surface area contributed by atoms with Crippen LogP contribution in [0.5, 0.6) is 5.75 Å². The van der Waals surface area contributed by atoms with Crippen LogP contribution in [-0.2, 0) is 0 Å². The molecule has 1 aromatic rings. The first-order valence-corrected chi connectivity index (χ1v) is 7.89. The molecule has 2 N–H and O–H groups in total. The number of thiophene rings is 1. The van der Waals surface area contributed by atoms with Crippen LogP contribution in [0.3, 0.4) is 0 Å². The van der Waals surface area contributed by atoms with Gasteiger partial charge in [-0.2, -0.15) is 0 Å². The molecule has 6 heteroatoms. The molecule has 1 aromatic heterocycles. The fourth-order valence-corrected chi connectivity index (χ4v) is 4.38. The first kappa shape index (κ1) is 13.7. The Labute approximate surface area is 123 Å². The number of nitrogen functional groups attached to an aromatic ring is 1. The van der Waals surface area contributed by atoms with Crippen LogP contribution in [0.25, 0.3) is 0 Å². The predicted molar refractivity (Wildman–Crippen MR) is 82.1 cm³/mol. The SMILES string of the molecule is COc1c(N2CCN3CCCC3C2)sc(C(C)=O)c1N. The zero-order chi connectivity index (χ0) is 14.3. The number of carbonyl (C=O) groups excluding carboxylic acids is 1. The lowest BCUT2D eigenvalue weighted by atomic mass is 10.1. The minimum absolute atomic E-state index is 0.0107. The number of anilines is 2. The summed E-state index contributed by atoms with van der Waals surface area (Å²) in [4.78, 5) is 17.2. The highest BCUT2D eigenvalue weighted by Gasteiger charge is 2.33. The molecule has 5 nitrogen and oxygen atoms in total. The molecule has 1 unspecified atom stereocenters. The fraction of sp³-hybridized carbons (Fsp3) is 0.643. The van der Waals surface area contributed by atoms with E-state index in [9.17, 15) is 4.79 Å². The maximum Gasteiger partial charge on any atom is 0.177 e. The number of fused-ring (bicyclic) bond motifs is 1. The van der Waals surface area contributed by atoms with Crippen LogP contribution in [0.15, 0.2) is 0 Å². The maximum atomic E-state index is 11.7. The molecule has 0 aliphatic carbocycles. The van der Waals surface area contributed by atoms with Crippen LogP contribution in [-0.4, -0.2) is 50.0 Å². The standard InChI is InChI=1S/C14H21N3O2S/c1-9(18)13-11(15)12(19-2)14(20-13)17-7-6-16-5-3-4-10(16)8-17/h10H,3-8,15H2,1-2H3. The first-order valence-electron chi connectivity index (χ1n) is 7.08. The van der Waals surface area contributed by atoms with Gasteiger partial charge >= 0.3 is 0 Å². The van der Waals surface area contributed by atoms with Crippen molar-refractivity contribution in [3.05, 3.63) is 4.88 Å². The Morgan fingerprint density at radius 1 is 1.40 bits per heavy atom. The summed E-state index contributed by atoms with van der Waals surface area (Å²) >= 11 is 1.47. The Balaban J connectivity index is 1.89. The van der Waals surface area contributed by atoms with E-state index in [-0.39, 0.29) is 5.78 Å². The molecule has 0 aromatic carbocycles. The van der Waals surface area contributed by atoms with E-state index in [4.69, 9.17) is 10.5 Å². The smallest absolute Gasteiger partial charge is 0.177 e. The molecule has 2 aliphatic heterocycles. The quantitative estimate of drug-likeness (QED) is 0.862. The number of hydrogen-bond acceptors (Lipinski definition) is 6. The van der Waals surface area contributed by atoms with Gasteiger partial charge in [-0.3, -0.25) is 9.69 Å². The third kappa shape index (κ3) is 2.16. The monoisotopic (exact) mass is 295 g/mol. The summed E-state index contributed by atoms with van der Waals surface area (Å²) in [6, 6.07) is 0.637. The van der Waals surface area contributed by atoms with Gasteiger partial charge in [-0.25, -0.2) is 0 Å². The molecule has 1 atom stereocenters. The van der Waals surface area contributed by atoms with Crippen molar-refractivity contribution in [1.82, 2.24) is 4.90 Å². The van der Waals surface area contributed by atoms with Gasteiger partial charge in [-0.15, -0.1) is 11.3 Å². The van der Waals surface area contributed by atoms with Crippen molar-refractivity contribution < 1.29 is 9.53 Å². The van der Waals surface area contributed by atoms with E-state index in [1.54, 1.807) is 14.0 Å². The van der Waals surface area contributed by atoms with Crippen LogP contribution >= 0.6 is 11.3 Å². The van der Waals surface area contributed by atoms with Crippen molar-refractivity contribution in [2.45, 2.75) is 25.8 Å². The average Bonchev–Trinajstić information content (AvgIpc) is 3.01. The highest BCUT2D eigenvalue weighted by molar-refractivity contribution is 7.19. The number of nitrogens with two attached hydrogens (primary N) is 1. The van der Waals surface area contributed by atoms with Gasteiger partial charge in [0.1, 0.15) is 5.00 Å². The van der Waals surface area contributed by atoms with E-state index in [0.717, 1.165) is 24.6 Å². The normalized spacial score (nSPS) is 22.9. The van der Waals surface area contributed by atoms with Gasteiger partial charge in [0.05, 0.1) is 17.7 Å². The largest absolute Gasteiger partial charge is 0.492 e. The Morgan fingerprint density at radius 3 is 2.90 bits per heavy atom. The molecule has 3 rings (SSSR count). The van der Waals surface area contributed by atoms with Gasteiger partial charge < -0.3 is 15.4 Å². The average molecular weight is 295 g/mol. The third-order valence-corrected chi connectivity index (χ3v) is 5.63. The molecule has 0 saturated carbocycles. The van der Waals surface area contributed by atoms with E-state index in [1.807, 2.05) is 0 Å². The second kappa shape index (κ2) is 5.26. The van der Waals surface area contributed by atoms with E-state index in [1.165, 1.54) is 30.7 Å². The van der Waals surface area contributed by atoms with Crippen LogP contribution in [0.4, 0.5) is 10.7 Å². The lowest BCUT2D eigenvalue weighted by Gasteiger charge is -2.38. The van der Waals surface area contributed by atoms with Crippen molar-refractivity contribution in [3.8, 4) is 5.75 Å². The van der Waals surface area contributed by atoms with Crippen molar-refractivity contribution in [3.63, 3.8) is 0 Å². The number of carbonyl (C=O) groups is 1. The molecule has 2 aliphatic rings. The molecule has 0 radical (unpaired) electrons. The second-order valence-corrected chi connectivity index (χ2v) is 6.52. The predicted octanol–water partition coefficient (Wildman–Crippen LogP) is 1.83. The number of ketones is 1. The summed E-state index contributed by atoms with van der Waals surface area (Å²) in [5, 5.41) is 1.02. The van der Waals surface area contributed by atoms with Gasteiger partial charge in [0.25, 0.3) is 0 Å². The van der Waals surface area contributed by atoms with Crippen molar-refractivity contribution in [2.75, 3.05) is 43.9 Å². The van der Waals surface area contributed by atoms with Crippen LogP contribution in [0, 0.1) is 0 Å². The van der Waals surface area contributed by atoms with Crippen LogP contribution < -0.4 is 15.4 Å². The minimum Gasteiger partial charge on any atom is -0.492 e. The molecule has 0 spiro atoms. The lowest BCUT2D eigenvalue weighted by Crippen LogP contribution is -2.50. The minimum atomic E-state index is 0.0107. The Hall–Kier alpha value is -1.27. The summed E-state index contributed by atoms with van der Waals surface area (Å²) in [7, 11) is 1.62. The molecule has 0 amide bonds. The van der Waals surface area contributed by atoms with E-state index < -0.39 is 0 Å². The number of methoxy groups -OCH3 is 1. The van der Waals surface area contributed by atoms with Gasteiger partial charge in [0, 0.05) is 32.6 Å². The van der Waals surface area contributed by atoms with Crippen molar-refractivity contribution in [2.24, 2.45) is 0 Å². The summed E-state index contributed by atoms with van der Waals surface area (Å²) in [5.74, 6) is 0.684. The maximum absolute atomic E-state index is 11.7. The van der Waals surface area contributed by atoms with Gasteiger partial charge in [-0.05, 0) is 19.4 Å². The number of rotatable bonds is 3. The molecule has 20 heavy (non-hydrogen) atoms. The van der Waals surface area contributed by atoms with Crippen molar-refractivity contribution in [1.29, 1.82) is 0 Å². The molecular formula is C14H21N3O2S. The zero-order valence-electron chi connectivity index (χ0n) is 12.0. The third-order valence-electron chi connectivity index (χ3n) is 4.28. The van der Waals surface area contributed by atoms with E-state index in [0.29, 0.717) is 22.4 Å². The number of ether oxygens (including phenoxy) is 1. The number of Topliss-reactive ketones (excluding diaryl/α,β-unsaturated/α-hetero) is 1. The van der Waals surface area contributed by atoms with Crippen LogP contribution in [0.2, 0.25) is 0 Å². The highest BCUT2D eigenvalue weighted by Crippen LogP contribution is 2.45. The van der Waals surface area contributed by atoms with Gasteiger partial charge in [0.15, 0.2) is 11.5 Å². The fourth-order valence-electron chi connectivity index (χ4n) is 3.26. The molecule has 0 bridgehead atoms. The lowest BCUT2D eigenvalue weighted by molar-refractivity contribution is 0.102.